The zero-order chi connectivity index (χ0) is 50.3. The van der Waals surface area contributed by atoms with E-state index in [1.165, 1.54) is 114 Å². The molecule has 0 N–H and O–H groups in total. The predicted molar refractivity (Wildman–Crippen MR) is 301 cm³/mol. The first kappa shape index (κ1) is 47.4. The molecule has 0 amide bonds. The van der Waals surface area contributed by atoms with E-state index in [0.29, 0.717) is 0 Å². The van der Waals surface area contributed by atoms with Gasteiger partial charge in [0.05, 0.1) is 0 Å². The molecule has 5 aromatic carbocycles. The molecule has 0 atom stereocenters. The normalized spacial score (nSPS) is 20.7. The molecular formula is C66H81BN2O. The summed E-state index contributed by atoms with van der Waals surface area (Å²) in [6.45, 7) is 43.5. The number of furan rings is 1. The van der Waals surface area contributed by atoms with Crippen molar-refractivity contribution in [3.63, 3.8) is 0 Å². The van der Waals surface area contributed by atoms with Crippen LogP contribution < -0.4 is 26.2 Å². The van der Waals surface area contributed by atoms with Gasteiger partial charge in [-0.3, -0.25) is 4.90 Å². The van der Waals surface area contributed by atoms with E-state index in [2.05, 4.69) is 225 Å². The number of anilines is 6. The average molecular weight is 929 g/mol. The van der Waals surface area contributed by atoms with Gasteiger partial charge in [-0.1, -0.05) is 173 Å². The number of rotatable bonds is 3. The molecule has 6 aromatic rings. The topological polar surface area (TPSA) is 19.6 Å². The number of nitrogens with zero attached hydrogens (tertiary/aromatic N) is 2. The summed E-state index contributed by atoms with van der Waals surface area (Å²) in [4.78, 5) is 5.23. The van der Waals surface area contributed by atoms with Crippen LogP contribution in [0.2, 0.25) is 0 Å². The van der Waals surface area contributed by atoms with Crippen LogP contribution in [0, 0.1) is 0 Å². The maximum Gasteiger partial charge on any atom is 0.256 e. The first-order valence-electron chi connectivity index (χ1n) is 26.9. The van der Waals surface area contributed by atoms with Gasteiger partial charge in [0.2, 0.25) is 0 Å². The molecular weight excluding hydrogens is 848 g/mol. The summed E-state index contributed by atoms with van der Waals surface area (Å²) >= 11 is 0. The number of hydrogen-bond acceptors (Lipinski definition) is 3. The highest BCUT2D eigenvalue weighted by molar-refractivity contribution is 7.00. The summed E-state index contributed by atoms with van der Waals surface area (Å²) in [5.41, 5.74) is 23.0. The first-order valence-corrected chi connectivity index (χ1v) is 26.9. The largest absolute Gasteiger partial charge is 0.444 e. The lowest BCUT2D eigenvalue weighted by molar-refractivity contribution is 0.280. The van der Waals surface area contributed by atoms with Crippen LogP contribution in [0.15, 0.2) is 95.4 Å². The second-order valence-corrected chi connectivity index (χ2v) is 28.7. The van der Waals surface area contributed by atoms with Gasteiger partial charge < -0.3 is 9.32 Å². The van der Waals surface area contributed by atoms with E-state index in [1.807, 2.05) is 0 Å². The summed E-state index contributed by atoms with van der Waals surface area (Å²) in [6, 6.07) is 37.0. The maximum absolute atomic E-state index is 7.74. The molecule has 3 aliphatic carbocycles. The zero-order valence-corrected chi connectivity index (χ0v) is 46.3. The van der Waals surface area contributed by atoms with Crippen LogP contribution in [0.1, 0.15) is 208 Å². The number of fused-ring (bicyclic) bond motifs is 8. The molecule has 364 valence electrons. The standard InChI is InChI=1S/C66H81BN2O/c1-59(2,3)42-20-24-44(25-21-42)68-51-39-49-48(63(11,12)31-32-64(49,13)14)38-50(51)67-55-52(68)36-41(40-19-28-46-47(35-40)62(9,10)30-29-61(46,7)8)37-53(55)69(45-26-22-43(23-27-45)60(4,5)6)58-56(67)54-57(70-58)66(17,18)34-33-65(54,15)16/h19-28,35-39H,29-34H2,1-18H3. The lowest BCUT2D eigenvalue weighted by Gasteiger charge is -2.47. The molecule has 0 fully saturated rings. The third-order valence-corrected chi connectivity index (χ3v) is 18.7. The molecule has 0 spiro atoms. The molecule has 1 aromatic heterocycles. The molecule has 3 nitrogen and oxygen atoms in total. The third-order valence-electron chi connectivity index (χ3n) is 18.7. The van der Waals surface area contributed by atoms with E-state index in [0.717, 1.165) is 30.8 Å². The molecule has 0 radical (unpaired) electrons. The van der Waals surface area contributed by atoms with Crippen LogP contribution in [-0.4, -0.2) is 6.71 Å². The lowest BCUT2D eigenvalue weighted by atomic mass is 9.32. The van der Waals surface area contributed by atoms with E-state index in [9.17, 15) is 0 Å². The molecule has 70 heavy (non-hydrogen) atoms. The highest BCUT2D eigenvalue weighted by Crippen LogP contribution is 2.55. The van der Waals surface area contributed by atoms with Crippen molar-refractivity contribution in [2.24, 2.45) is 0 Å². The Balaban J connectivity index is 1.30. The fraction of sp³-hybridized carbons (Fsp3) is 0.485. The Morgan fingerprint density at radius 1 is 0.414 bits per heavy atom. The Morgan fingerprint density at radius 3 is 1.39 bits per heavy atom. The Bertz CT molecular complexity index is 3120. The van der Waals surface area contributed by atoms with Crippen molar-refractivity contribution < 1.29 is 4.42 Å². The van der Waals surface area contributed by atoms with Gasteiger partial charge in [0, 0.05) is 33.9 Å². The molecule has 0 saturated carbocycles. The zero-order valence-electron chi connectivity index (χ0n) is 46.3. The Morgan fingerprint density at radius 2 is 0.857 bits per heavy atom. The van der Waals surface area contributed by atoms with Crippen LogP contribution in [-0.2, 0) is 43.3 Å². The molecule has 3 heterocycles. The summed E-state index contributed by atoms with van der Waals surface area (Å²) in [6.07, 6.45) is 6.91. The van der Waals surface area contributed by atoms with Crippen molar-refractivity contribution in [3.05, 3.63) is 136 Å². The predicted octanol–water partition coefficient (Wildman–Crippen LogP) is 16.7. The summed E-state index contributed by atoms with van der Waals surface area (Å²) in [5.74, 6) is 2.16. The van der Waals surface area contributed by atoms with Crippen molar-refractivity contribution in [2.45, 2.75) is 206 Å². The summed E-state index contributed by atoms with van der Waals surface area (Å²) < 4.78 is 7.74. The van der Waals surface area contributed by atoms with E-state index >= 15 is 0 Å². The molecule has 5 aliphatic rings. The van der Waals surface area contributed by atoms with E-state index in [4.69, 9.17) is 4.42 Å². The first-order chi connectivity index (χ1) is 32.4. The third kappa shape index (κ3) is 7.09. The highest BCUT2D eigenvalue weighted by atomic mass is 16.4. The minimum Gasteiger partial charge on any atom is -0.444 e. The van der Waals surface area contributed by atoms with E-state index in [1.54, 1.807) is 0 Å². The monoisotopic (exact) mass is 929 g/mol. The molecule has 11 rings (SSSR count). The van der Waals surface area contributed by atoms with Gasteiger partial charge in [0.1, 0.15) is 5.76 Å². The number of hydrogen-bond donors (Lipinski definition) is 0. The van der Waals surface area contributed by atoms with Crippen molar-refractivity contribution in [3.8, 4) is 11.1 Å². The smallest absolute Gasteiger partial charge is 0.256 e. The Kier molecular flexibility index (Phi) is 10.0. The van der Waals surface area contributed by atoms with Crippen molar-refractivity contribution >= 4 is 57.4 Å². The van der Waals surface area contributed by atoms with Crippen LogP contribution in [0.3, 0.4) is 0 Å². The van der Waals surface area contributed by atoms with Gasteiger partial charge in [-0.25, -0.2) is 0 Å². The molecule has 0 unspecified atom stereocenters. The Hall–Kier alpha value is -4.96. The van der Waals surface area contributed by atoms with E-state index < -0.39 is 0 Å². The van der Waals surface area contributed by atoms with Crippen molar-refractivity contribution in [1.82, 2.24) is 0 Å². The fourth-order valence-corrected chi connectivity index (χ4v) is 13.6. The van der Waals surface area contributed by atoms with Crippen molar-refractivity contribution in [1.29, 1.82) is 0 Å². The van der Waals surface area contributed by atoms with E-state index in [-0.39, 0.29) is 50.0 Å². The lowest BCUT2D eigenvalue weighted by Crippen LogP contribution is -2.63. The number of benzene rings is 5. The van der Waals surface area contributed by atoms with Gasteiger partial charge in [0.15, 0.2) is 5.88 Å². The summed E-state index contributed by atoms with van der Waals surface area (Å²) in [7, 11) is 0. The quantitative estimate of drug-likeness (QED) is 0.165. The van der Waals surface area contributed by atoms with Gasteiger partial charge in [-0.15, -0.1) is 0 Å². The second kappa shape index (κ2) is 14.8. The second-order valence-electron chi connectivity index (χ2n) is 28.7. The van der Waals surface area contributed by atoms with Crippen LogP contribution >= 0.6 is 0 Å². The Labute approximate surface area is 423 Å². The molecule has 0 bridgehead atoms. The summed E-state index contributed by atoms with van der Waals surface area (Å²) in [5, 5.41) is 0. The van der Waals surface area contributed by atoms with Crippen LogP contribution in [0.25, 0.3) is 11.1 Å². The van der Waals surface area contributed by atoms with Crippen LogP contribution in [0.4, 0.5) is 34.3 Å². The SMILES string of the molecule is CC(C)(C)c1ccc(N2c3cc4c(cc3B3c5c2cc(-c2ccc6c(c2)C(C)(C)CCC6(C)C)cc5N(c2ccc(C(C)(C)C)cc2)c2oc5c(c23)C(C)(C)CCC5(C)C)C(C)(C)CCC4(C)C)cc1. The van der Waals surface area contributed by atoms with Gasteiger partial charge in [-0.2, -0.15) is 0 Å². The average Bonchev–Trinajstić information content (AvgIpc) is 3.70. The van der Waals surface area contributed by atoms with Gasteiger partial charge >= 0.3 is 0 Å². The molecule has 2 aliphatic heterocycles. The van der Waals surface area contributed by atoms with Gasteiger partial charge in [0.25, 0.3) is 6.71 Å². The molecule has 0 saturated heterocycles. The van der Waals surface area contributed by atoms with Crippen molar-refractivity contribution in [2.75, 3.05) is 9.80 Å². The van der Waals surface area contributed by atoms with Gasteiger partial charge in [-0.05, 0) is 185 Å². The minimum absolute atomic E-state index is 0.0244. The molecule has 4 heteroatoms. The fourth-order valence-electron chi connectivity index (χ4n) is 13.6. The highest BCUT2D eigenvalue weighted by Gasteiger charge is 2.53. The minimum atomic E-state index is -0.117. The maximum atomic E-state index is 7.74. The van der Waals surface area contributed by atoms with Crippen LogP contribution in [0.5, 0.6) is 0 Å².